The summed E-state index contributed by atoms with van der Waals surface area (Å²) in [4.78, 5) is 13.8. The Morgan fingerprint density at radius 3 is 2.28 bits per heavy atom. The standard InChI is InChI=1S/C22H25FN2O5S2/c23-20-11-4-5-12-21(20)32(29,30)24-17-8-6-7-16(13-17)22(26)25-14-19(15-25)31(27,28)18-9-2-1-3-10-18/h4-8,11-13,18-19,24H,1-3,9-10,14-15H2. The number of benzene rings is 2. The zero-order chi connectivity index (χ0) is 22.9. The van der Waals surface area contributed by atoms with E-state index >= 15 is 0 Å². The van der Waals surface area contributed by atoms with E-state index in [9.17, 15) is 26.0 Å². The van der Waals surface area contributed by atoms with Crippen LogP contribution >= 0.6 is 0 Å². The summed E-state index contributed by atoms with van der Waals surface area (Å²) in [6.07, 6.45) is 4.30. The lowest BCUT2D eigenvalue weighted by molar-refractivity contribution is 0.0658. The van der Waals surface area contributed by atoms with E-state index in [4.69, 9.17) is 0 Å². The molecule has 2 aliphatic rings. The van der Waals surface area contributed by atoms with E-state index in [-0.39, 0.29) is 35.5 Å². The van der Waals surface area contributed by atoms with Gasteiger partial charge < -0.3 is 4.90 Å². The van der Waals surface area contributed by atoms with Crippen molar-refractivity contribution in [2.45, 2.75) is 47.5 Å². The number of nitrogens with one attached hydrogen (secondary N) is 1. The lowest BCUT2D eigenvalue weighted by atomic mass is 10.0. The molecule has 32 heavy (non-hydrogen) atoms. The van der Waals surface area contributed by atoms with Crippen molar-refractivity contribution in [1.82, 2.24) is 4.90 Å². The molecule has 7 nitrogen and oxygen atoms in total. The number of carbonyl (C=O) groups excluding carboxylic acids is 1. The van der Waals surface area contributed by atoms with Gasteiger partial charge in [-0.25, -0.2) is 21.2 Å². The van der Waals surface area contributed by atoms with E-state index in [1.54, 1.807) is 0 Å². The van der Waals surface area contributed by atoms with E-state index in [1.165, 1.54) is 41.3 Å². The van der Waals surface area contributed by atoms with E-state index < -0.39 is 35.8 Å². The summed E-state index contributed by atoms with van der Waals surface area (Å²) in [5, 5.41) is -0.855. The van der Waals surface area contributed by atoms with Gasteiger partial charge in [0.15, 0.2) is 9.84 Å². The van der Waals surface area contributed by atoms with E-state index in [2.05, 4.69) is 4.72 Å². The van der Waals surface area contributed by atoms with Crippen LogP contribution in [0, 0.1) is 5.82 Å². The number of hydrogen-bond donors (Lipinski definition) is 1. The molecule has 0 spiro atoms. The average molecular weight is 481 g/mol. The Balaban J connectivity index is 1.43. The van der Waals surface area contributed by atoms with Crippen LogP contribution in [0.1, 0.15) is 42.5 Å². The fraction of sp³-hybridized carbons (Fsp3) is 0.409. The topological polar surface area (TPSA) is 101 Å². The van der Waals surface area contributed by atoms with Crippen LogP contribution in [0.2, 0.25) is 0 Å². The highest BCUT2D eigenvalue weighted by atomic mass is 32.2. The van der Waals surface area contributed by atoms with Crippen molar-refractivity contribution in [1.29, 1.82) is 0 Å². The van der Waals surface area contributed by atoms with Crippen molar-refractivity contribution < 1.29 is 26.0 Å². The summed E-state index contributed by atoms with van der Waals surface area (Å²) >= 11 is 0. The molecule has 2 aromatic carbocycles. The lowest BCUT2D eigenvalue weighted by Gasteiger charge is -2.41. The first-order valence-corrected chi connectivity index (χ1v) is 13.7. The molecule has 1 saturated carbocycles. The Morgan fingerprint density at radius 2 is 1.59 bits per heavy atom. The molecule has 0 atom stereocenters. The third-order valence-electron chi connectivity index (χ3n) is 6.10. The predicted molar refractivity (Wildman–Crippen MR) is 119 cm³/mol. The Morgan fingerprint density at radius 1 is 0.906 bits per heavy atom. The minimum Gasteiger partial charge on any atom is -0.336 e. The number of anilines is 1. The van der Waals surface area contributed by atoms with Gasteiger partial charge in [0.1, 0.15) is 10.7 Å². The first kappa shape index (κ1) is 22.7. The molecule has 0 unspecified atom stereocenters. The molecule has 1 amide bonds. The first-order valence-electron chi connectivity index (χ1n) is 10.6. The summed E-state index contributed by atoms with van der Waals surface area (Å²) in [5.74, 6) is -1.25. The quantitative estimate of drug-likeness (QED) is 0.684. The predicted octanol–water partition coefficient (Wildman–Crippen LogP) is 3.20. The van der Waals surface area contributed by atoms with Gasteiger partial charge in [0.05, 0.1) is 10.5 Å². The van der Waals surface area contributed by atoms with Gasteiger partial charge >= 0.3 is 0 Å². The van der Waals surface area contributed by atoms with Crippen molar-refractivity contribution in [3.63, 3.8) is 0 Å². The number of amides is 1. The van der Waals surface area contributed by atoms with Gasteiger partial charge in [0, 0.05) is 24.3 Å². The van der Waals surface area contributed by atoms with E-state index in [0.29, 0.717) is 12.8 Å². The van der Waals surface area contributed by atoms with Crippen LogP contribution in [0.3, 0.4) is 0 Å². The van der Waals surface area contributed by atoms with Crippen molar-refractivity contribution in [3.8, 4) is 0 Å². The van der Waals surface area contributed by atoms with Crippen molar-refractivity contribution >= 4 is 31.5 Å². The molecule has 0 radical (unpaired) electrons. The number of hydrogen-bond acceptors (Lipinski definition) is 5. The largest absolute Gasteiger partial charge is 0.336 e. The van der Waals surface area contributed by atoms with Gasteiger partial charge in [-0.05, 0) is 43.2 Å². The SMILES string of the molecule is O=C(c1cccc(NS(=O)(=O)c2ccccc2F)c1)N1CC(S(=O)(=O)C2CCCCC2)C1. The number of nitrogens with zero attached hydrogens (tertiary/aromatic N) is 1. The second-order valence-corrected chi connectivity index (χ2v) is 12.5. The zero-order valence-corrected chi connectivity index (χ0v) is 19.0. The number of sulfone groups is 1. The third kappa shape index (κ3) is 4.52. The molecule has 172 valence electrons. The molecule has 1 aliphatic heterocycles. The fourth-order valence-electron chi connectivity index (χ4n) is 4.25. The van der Waals surface area contributed by atoms with E-state index in [0.717, 1.165) is 31.4 Å². The van der Waals surface area contributed by atoms with Crippen LogP contribution in [0.4, 0.5) is 10.1 Å². The van der Waals surface area contributed by atoms with Crippen LogP contribution in [0.25, 0.3) is 0 Å². The van der Waals surface area contributed by atoms with E-state index in [1.807, 2.05) is 0 Å². The number of rotatable bonds is 6. The first-order chi connectivity index (χ1) is 15.2. The van der Waals surface area contributed by atoms with Gasteiger partial charge in [-0.1, -0.05) is 37.5 Å². The minimum atomic E-state index is -4.17. The molecular formula is C22H25FN2O5S2. The van der Waals surface area contributed by atoms with Crippen LogP contribution in [0.5, 0.6) is 0 Å². The molecule has 1 N–H and O–H groups in total. The Bertz CT molecular complexity index is 1220. The highest BCUT2D eigenvalue weighted by Gasteiger charge is 2.43. The van der Waals surface area contributed by atoms with Crippen molar-refractivity contribution in [2.75, 3.05) is 17.8 Å². The highest BCUT2D eigenvalue weighted by molar-refractivity contribution is 7.93. The summed E-state index contributed by atoms with van der Waals surface area (Å²) in [6.45, 7) is 0.283. The number of likely N-dealkylation sites (tertiary alicyclic amines) is 1. The molecule has 4 rings (SSSR count). The van der Waals surface area contributed by atoms with Crippen LogP contribution in [-0.2, 0) is 19.9 Å². The van der Waals surface area contributed by atoms with Crippen molar-refractivity contribution in [2.24, 2.45) is 0 Å². The summed E-state index contributed by atoms with van der Waals surface area (Å²) < 4.78 is 66.8. The third-order valence-corrected chi connectivity index (χ3v) is 10.1. The lowest BCUT2D eigenvalue weighted by Crippen LogP contribution is -2.58. The second kappa shape index (κ2) is 8.82. The Hall–Kier alpha value is -2.46. The summed E-state index contributed by atoms with van der Waals surface area (Å²) in [5.41, 5.74) is 0.346. The van der Waals surface area contributed by atoms with Crippen LogP contribution < -0.4 is 4.72 Å². The molecule has 1 saturated heterocycles. The average Bonchev–Trinajstić information content (AvgIpc) is 2.73. The molecule has 1 aliphatic carbocycles. The molecule has 10 heteroatoms. The molecule has 2 aromatic rings. The van der Waals surface area contributed by atoms with Gasteiger partial charge in [-0.3, -0.25) is 9.52 Å². The number of sulfonamides is 1. The monoisotopic (exact) mass is 480 g/mol. The Kier molecular flexibility index (Phi) is 6.26. The van der Waals surface area contributed by atoms with Crippen LogP contribution in [-0.4, -0.2) is 51.2 Å². The highest BCUT2D eigenvalue weighted by Crippen LogP contribution is 2.30. The normalized spacial score (nSPS) is 18.2. The maximum atomic E-state index is 13.9. The maximum Gasteiger partial charge on any atom is 0.264 e. The second-order valence-electron chi connectivity index (χ2n) is 8.30. The molecular weight excluding hydrogens is 455 g/mol. The van der Waals surface area contributed by atoms with Gasteiger partial charge in [0.2, 0.25) is 0 Å². The van der Waals surface area contributed by atoms with Gasteiger partial charge in [-0.15, -0.1) is 0 Å². The van der Waals surface area contributed by atoms with Crippen LogP contribution in [0.15, 0.2) is 53.4 Å². The van der Waals surface area contributed by atoms with Crippen molar-refractivity contribution in [3.05, 3.63) is 59.9 Å². The Labute approximate surface area is 187 Å². The van der Waals surface area contributed by atoms with Gasteiger partial charge in [-0.2, -0.15) is 0 Å². The minimum absolute atomic E-state index is 0.117. The molecule has 0 aromatic heterocycles. The number of carbonyl (C=O) groups is 1. The smallest absolute Gasteiger partial charge is 0.264 e. The number of halogens is 1. The molecule has 0 bridgehead atoms. The molecule has 2 fully saturated rings. The zero-order valence-electron chi connectivity index (χ0n) is 17.4. The maximum absolute atomic E-state index is 13.9. The fourth-order valence-corrected chi connectivity index (χ4v) is 7.69. The summed E-state index contributed by atoms with van der Waals surface area (Å²) in [6, 6.07) is 10.9. The molecule has 1 heterocycles. The summed E-state index contributed by atoms with van der Waals surface area (Å²) in [7, 11) is -7.43. The van der Waals surface area contributed by atoms with Gasteiger partial charge in [0.25, 0.3) is 15.9 Å².